The minimum atomic E-state index is 0.521. The predicted molar refractivity (Wildman–Crippen MR) is 115 cm³/mol. The highest BCUT2D eigenvalue weighted by Gasteiger charge is 2.05. The monoisotopic (exact) mass is 385 g/mol. The first-order chi connectivity index (χ1) is 13.6. The summed E-state index contributed by atoms with van der Waals surface area (Å²) >= 11 is 0. The SMILES string of the molecule is CCNC(=NCc1cccc(N(C)C)n1)NCCc1ccc(OC)c(OC)c1. The molecule has 152 valence electrons. The Morgan fingerprint density at radius 1 is 1.07 bits per heavy atom. The van der Waals surface area contributed by atoms with Crippen molar-refractivity contribution in [1.82, 2.24) is 15.6 Å². The maximum absolute atomic E-state index is 5.36. The molecule has 0 bridgehead atoms. The number of methoxy groups -OCH3 is 2. The average Bonchev–Trinajstić information content (AvgIpc) is 2.72. The Bertz CT molecular complexity index is 777. The third-order valence-electron chi connectivity index (χ3n) is 4.15. The molecule has 2 rings (SSSR count). The Kier molecular flexibility index (Phi) is 8.39. The van der Waals surface area contributed by atoms with E-state index in [0.717, 1.165) is 48.5 Å². The van der Waals surface area contributed by atoms with Crippen LogP contribution in [-0.4, -0.2) is 52.3 Å². The fraction of sp³-hybridized carbons (Fsp3) is 0.429. The maximum Gasteiger partial charge on any atom is 0.191 e. The fourth-order valence-corrected chi connectivity index (χ4v) is 2.67. The fourth-order valence-electron chi connectivity index (χ4n) is 2.67. The van der Waals surface area contributed by atoms with Gasteiger partial charge in [-0.3, -0.25) is 0 Å². The summed E-state index contributed by atoms with van der Waals surface area (Å²) in [5, 5.41) is 6.64. The number of aromatic nitrogens is 1. The van der Waals surface area contributed by atoms with E-state index in [1.165, 1.54) is 5.56 Å². The van der Waals surface area contributed by atoms with E-state index in [0.29, 0.717) is 6.54 Å². The molecule has 0 unspecified atom stereocenters. The number of ether oxygens (including phenoxy) is 2. The molecule has 0 radical (unpaired) electrons. The molecule has 0 aliphatic heterocycles. The lowest BCUT2D eigenvalue weighted by atomic mass is 10.1. The average molecular weight is 386 g/mol. The minimum Gasteiger partial charge on any atom is -0.493 e. The van der Waals surface area contributed by atoms with Gasteiger partial charge in [0.25, 0.3) is 0 Å². The summed E-state index contributed by atoms with van der Waals surface area (Å²) in [4.78, 5) is 11.2. The van der Waals surface area contributed by atoms with Gasteiger partial charge in [-0.2, -0.15) is 0 Å². The van der Waals surface area contributed by atoms with Crippen LogP contribution in [0.2, 0.25) is 0 Å². The van der Waals surface area contributed by atoms with E-state index in [2.05, 4.69) is 27.5 Å². The number of hydrogen-bond acceptors (Lipinski definition) is 5. The number of nitrogens with one attached hydrogen (secondary N) is 2. The van der Waals surface area contributed by atoms with E-state index < -0.39 is 0 Å². The quantitative estimate of drug-likeness (QED) is 0.510. The van der Waals surface area contributed by atoms with Crippen LogP contribution >= 0.6 is 0 Å². The number of nitrogens with zero attached hydrogens (tertiary/aromatic N) is 3. The van der Waals surface area contributed by atoms with Crippen molar-refractivity contribution < 1.29 is 9.47 Å². The van der Waals surface area contributed by atoms with Crippen molar-refractivity contribution in [2.24, 2.45) is 4.99 Å². The van der Waals surface area contributed by atoms with Crippen LogP contribution in [0.1, 0.15) is 18.2 Å². The van der Waals surface area contributed by atoms with Gasteiger partial charge >= 0.3 is 0 Å². The molecule has 0 spiro atoms. The molecule has 1 aromatic carbocycles. The predicted octanol–water partition coefficient (Wildman–Crippen LogP) is 2.46. The third kappa shape index (κ3) is 6.33. The van der Waals surface area contributed by atoms with Gasteiger partial charge in [-0.25, -0.2) is 9.98 Å². The Morgan fingerprint density at radius 2 is 1.86 bits per heavy atom. The molecule has 0 saturated heterocycles. The number of benzene rings is 1. The lowest BCUT2D eigenvalue weighted by molar-refractivity contribution is 0.354. The van der Waals surface area contributed by atoms with E-state index in [1.807, 2.05) is 55.4 Å². The second-order valence-electron chi connectivity index (χ2n) is 6.44. The summed E-state index contributed by atoms with van der Waals surface area (Å²) in [7, 11) is 7.25. The molecule has 2 aromatic rings. The smallest absolute Gasteiger partial charge is 0.191 e. The molecule has 28 heavy (non-hydrogen) atoms. The van der Waals surface area contributed by atoms with Crippen LogP contribution in [0.3, 0.4) is 0 Å². The topological polar surface area (TPSA) is 71.0 Å². The van der Waals surface area contributed by atoms with Gasteiger partial charge in [0.15, 0.2) is 17.5 Å². The normalized spacial score (nSPS) is 11.1. The highest BCUT2D eigenvalue weighted by Crippen LogP contribution is 2.27. The van der Waals surface area contributed by atoms with Crippen LogP contribution in [0.25, 0.3) is 0 Å². The number of guanidine groups is 1. The van der Waals surface area contributed by atoms with E-state index in [4.69, 9.17) is 9.47 Å². The van der Waals surface area contributed by atoms with Crippen LogP contribution in [0.4, 0.5) is 5.82 Å². The van der Waals surface area contributed by atoms with Gasteiger partial charge in [-0.15, -0.1) is 0 Å². The van der Waals surface area contributed by atoms with Crippen molar-refractivity contribution in [3.63, 3.8) is 0 Å². The molecule has 0 aliphatic rings. The van der Waals surface area contributed by atoms with Crippen molar-refractivity contribution in [2.75, 3.05) is 46.3 Å². The highest BCUT2D eigenvalue weighted by atomic mass is 16.5. The first-order valence-electron chi connectivity index (χ1n) is 9.43. The lowest BCUT2D eigenvalue weighted by Crippen LogP contribution is -2.38. The molecular formula is C21H31N5O2. The zero-order valence-corrected chi connectivity index (χ0v) is 17.5. The molecule has 0 saturated carbocycles. The van der Waals surface area contributed by atoms with E-state index in [9.17, 15) is 0 Å². The first-order valence-corrected chi connectivity index (χ1v) is 9.43. The standard InChI is InChI=1S/C21H31N5O2/c1-6-22-21(24-15-17-8-7-9-20(25-17)26(2)3)23-13-12-16-10-11-18(27-4)19(14-16)28-5/h7-11,14H,6,12-13,15H2,1-5H3,(H2,22,23,24). The third-order valence-corrected chi connectivity index (χ3v) is 4.15. The molecule has 0 amide bonds. The second-order valence-corrected chi connectivity index (χ2v) is 6.44. The van der Waals surface area contributed by atoms with Crippen molar-refractivity contribution in [3.8, 4) is 11.5 Å². The first kappa shape index (κ1) is 21.3. The summed E-state index contributed by atoms with van der Waals surface area (Å²) in [6.07, 6.45) is 0.846. The minimum absolute atomic E-state index is 0.521. The zero-order chi connectivity index (χ0) is 20.4. The van der Waals surface area contributed by atoms with Crippen LogP contribution in [0, 0.1) is 0 Å². The zero-order valence-electron chi connectivity index (χ0n) is 17.5. The van der Waals surface area contributed by atoms with Crippen LogP contribution in [0.15, 0.2) is 41.4 Å². The Hall–Kier alpha value is -2.96. The van der Waals surface area contributed by atoms with E-state index in [1.54, 1.807) is 14.2 Å². The molecule has 7 nitrogen and oxygen atoms in total. The van der Waals surface area contributed by atoms with Gasteiger partial charge in [-0.05, 0) is 43.2 Å². The largest absolute Gasteiger partial charge is 0.493 e. The van der Waals surface area contributed by atoms with Crippen LogP contribution in [0.5, 0.6) is 11.5 Å². The molecule has 0 fully saturated rings. The lowest BCUT2D eigenvalue weighted by Gasteiger charge is -2.13. The van der Waals surface area contributed by atoms with Gasteiger partial charge in [0, 0.05) is 27.2 Å². The molecule has 7 heteroatoms. The van der Waals surface area contributed by atoms with Crippen LogP contribution in [-0.2, 0) is 13.0 Å². The van der Waals surface area contributed by atoms with E-state index in [-0.39, 0.29) is 0 Å². The van der Waals surface area contributed by atoms with Crippen LogP contribution < -0.4 is 25.0 Å². The summed E-state index contributed by atoms with van der Waals surface area (Å²) in [5.41, 5.74) is 2.10. The van der Waals surface area contributed by atoms with Crippen molar-refractivity contribution in [3.05, 3.63) is 47.7 Å². The number of aliphatic imine (C=N–C) groups is 1. The molecule has 1 heterocycles. The van der Waals surface area contributed by atoms with Gasteiger partial charge in [0.2, 0.25) is 0 Å². The molecule has 1 aromatic heterocycles. The molecular weight excluding hydrogens is 354 g/mol. The van der Waals surface area contributed by atoms with Gasteiger partial charge in [0.05, 0.1) is 26.5 Å². The van der Waals surface area contributed by atoms with Crippen molar-refractivity contribution >= 4 is 11.8 Å². The summed E-state index contributed by atoms with van der Waals surface area (Å²) < 4.78 is 10.6. The summed E-state index contributed by atoms with van der Waals surface area (Å²) in [6.45, 7) is 4.13. The van der Waals surface area contributed by atoms with Gasteiger partial charge in [-0.1, -0.05) is 12.1 Å². The summed E-state index contributed by atoms with van der Waals surface area (Å²) in [6, 6.07) is 12.0. The van der Waals surface area contributed by atoms with Gasteiger partial charge in [0.1, 0.15) is 5.82 Å². The number of hydrogen-bond donors (Lipinski definition) is 2. The summed E-state index contributed by atoms with van der Waals surface area (Å²) in [5.74, 6) is 3.19. The van der Waals surface area contributed by atoms with Crippen molar-refractivity contribution in [1.29, 1.82) is 0 Å². The number of anilines is 1. The molecule has 0 aliphatic carbocycles. The van der Waals surface area contributed by atoms with E-state index >= 15 is 0 Å². The maximum atomic E-state index is 5.36. The Labute approximate surface area is 167 Å². The number of rotatable bonds is 9. The van der Waals surface area contributed by atoms with Gasteiger partial charge < -0.3 is 25.0 Å². The Morgan fingerprint density at radius 3 is 2.54 bits per heavy atom. The highest BCUT2D eigenvalue weighted by molar-refractivity contribution is 5.79. The molecule has 2 N–H and O–H groups in total. The molecule has 0 atom stereocenters. The number of pyridine rings is 1. The second kappa shape index (κ2) is 11.0. The Balaban J connectivity index is 1.95. The van der Waals surface area contributed by atoms with Crippen molar-refractivity contribution in [2.45, 2.75) is 19.9 Å².